The average Bonchev–Trinajstić information content (AvgIpc) is 2.16. The maximum absolute atomic E-state index is 5.72. The Bertz CT molecular complexity index is 180. The molecule has 2 atom stereocenters. The van der Waals surface area contributed by atoms with Gasteiger partial charge in [-0.05, 0) is 32.6 Å². The third-order valence-corrected chi connectivity index (χ3v) is 2.51. The molecule has 0 spiro atoms. The summed E-state index contributed by atoms with van der Waals surface area (Å²) in [5.41, 5.74) is 4.05. The molecule has 0 fully saturated rings. The molecule has 3 N–H and O–H groups in total. The molecule has 15 heavy (non-hydrogen) atoms. The minimum atomic E-state index is 0.180. The van der Waals surface area contributed by atoms with Crippen molar-refractivity contribution in [3.8, 4) is 0 Å². The van der Waals surface area contributed by atoms with Crippen LogP contribution in [0.3, 0.4) is 0 Å². The van der Waals surface area contributed by atoms with Crippen molar-refractivity contribution in [1.82, 2.24) is 5.43 Å². The summed E-state index contributed by atoms with van der Waals surface area (Å²) in [6.45, 7) is 13.0. The molecule has 0 aliphatic carbocycles. The van der Waals surface area contributed by atoms with E-state index >= 15 is 0 Å². The van der Waals surface area contributed by atoms with Gasteiger partial charge in [-0.3, -0.25) is 11.3 Å². The number of allylic oxidation sites excluding steroid dienone is 1. The molecule has 0 saturated carbocycles. The molecule has 0 aromatic heterocycles. The highest BCUT2D eigenvalue weighted by molar-refractivity contribution is 4.91. The van der Waals surface area contributed by atoms with E-state index in [1.54, 1.807) is 0 Å². The van der Waals surface area contributed by atoms with Crippen LogP contribution < -0.4 is 11.3 Å². The van der Waals surface area contributed by atoms with Gasteiger partial charge in [0.1, 0.15) is 0 Å². The molecule has 0 aliphatic heterocycles. The molecule has 0 bridgehead atoms. The van der Waals surface area contributed by atoms with Crippen LogP contribution in [0.4, 0.5) is 0 Å². The molecule has 0 aliphatic rings. The van der Waals surface area contributed by atoms with E-state index in [9.17, 15) is 0 Å². The van der Waals surface area contributed by atoms with Gasteiger partial charge in [-0.2, -0.15) is 0 Å². The summed E-state index contributed by atoms with van der Waals surface area (Å²) in [7, 11) is 0. The summed E-state index contributed by atoms with van der Waals surface area (Å²) in [6, 6.07) is 0.210. The predicted octanol–water partition coefficient (Wildman–Crippen LogP) is 2.24. The van der Waals surface area contributed by atoms with Crippen LogP contribution in [0.1, 0.15) is 40.5 Å². The van der Waals surface area contributed by atoms with Crippen LogP contribution >= 0.6 is 0 Å². The first-order chi connectivity index (χ1) is 7.02. The van der Waals surface area contributed by atoms with Crippen LogP contribution in [0.2, 0.25) is 0 Å². The third kappa shape index (κ3) is 5.92. The topological polar surface area (TPSA) is 47.3 Å². The van der Waals surface area contributed by atoms with E-state index in [-0.39, 0.29) is 12.1 Å². The number of hydrogen-bond acceptors (Lipinski definition) is 3. The molecule has 90 valence electrons. The van der Waals surface area contributed by atoms with E-state index in [1.807, 2.05) is 13.8 Å². The Kier molecular flexibility index (Phi) is 7.65. The van der Waals surface area contributed by atoms with Gasteiger partial charge in [0, 0.05) is 12.6 Å². The standard InChI is InChI=1S/C12H26N2O/c1-6-15-12(10(4)5)11(14-13)8-7-9(2)3/h10-12,14H,2,6-8,13H2,1,3-5H3. The van der Waals surface area contributed by atoms with E-state index in [0.717, 1.165) is 19.4 Å². The second-order valence-electron chi connectivity index (χ2n) is 4.43. The first kappa shape index (κ1) is 14.6. The van der Waals surface area contributed by atoms with Crippen LogP contribution in [0.25, 0.3) is 0 Å². The van der Waals surface area contributed by atoms with Crippen molar-refractivity contribution < 1.29 is 4.74 Å². The highest BCUT2D eigenvalue weighted by Gasteiger charge is 2.23. The van der Waals surface area contributed by atoms with Crippen molar-refractivity contribution in [3.63, 3.8) is 0 Å². The number of nitrogens with one attached hydrogen (secondary N) is 1. The molecule has 0 aromatic carbocycles. The van der Waals surface area contributed by atoms with Gasteiger partial charge in [-0.25, -0.2) is 0 Å². The summed E-state index contributed by atoms with van der Waals surface area (Å²) in [5.74, 6) is 6.04. The molecule has 0 heterocycles. The molecule has 3 nitrogen and oxygen atoms in total. The Hall–Kier alpha value is -0.380. The number of nitrogens with two attached hydrogens (primary N) is 1. The zero-order valence-electron chi connectivity index (χ0n) is 10.5. The third-order valence-electron chi connectivity index (χ3n) is 2.51. The zero-order chi connectivity index (χ0) is 11.8. The second kappa shape index (κ2) is 7.85. The summed E-state index contributed by atoms with van der Waals surface area (Å²) in [5, 5.41) is 0. The van der Waals surface area contributed by atoms with E-state index in [2.05, 4.69) is 25.9 Å². The Balaban J connectivity index is 4.24. The van der Waals surface area contributed by atoms with Crippen molar-refractivity contribution in [2.24, 2.45) is 11.8 Å². The minimum Gasteiger partial charge on any atom is -0.377 e. The predicted molar refractivity (Wildman–Crippen MR) is 65.4 cm³/mol. The molecule has 0 amide bonds. The fraction of sp³-hybridized carbons (Fsp3) is 0.833. The van der Waals surface area contributed by atoms with E-state index in [1.165, 1.54) is 5.57 Å². The molecule has 3 heteroatoms. The van der Waals surface area contributed by atoms with Gasteiger partial charge in [0.2, 0.25) is 0 Å². The summed E-state index contributed by atoms with van der Waals surface area (Å²) in [6.07, 6.45) is 2.15. The Labute approximate surface area is 94.0 Å². The smallest absolute Gasteiger partial charge is 0.0764 e. The lowest BCUT2D eigenvalue weighted by Gasteiger charge is -2.29. The van der Waals surface area contributed by atoms with Gasteiger partial charge in [0.15, 0.2) is 0 Å². The highest BCUT2D eigenvalue weighted by atomic mass is 16.5. The maximum Gasteiger partial charge on any atom is 0.0764 e. The first-order valence-electron chi connectivity index (χ1n) is 5.75. The minimum absolute atomic E-state index is 0.180. The maximum atomic E-state index is 5.72. The van der Waals surface area contributed by atoms with Crippen LogP contribution in [0.5, 0.6) is 0 Å². The van der Waals surface area contributed by atoms with Gasteiger partial charge in [0.25, 0.3) is 0 Å². The van der Waals surface area contributed by atoms with Crippen molar-refractivity contribution in [1.29, 1.82) is 0 Å². The van der Waals surface area contributed by atoms with Crippen LogP contribution in [0.15, 0.2) is 12.2 Å². The molecule has 0 saturated heterocycles. The molecular formula is C12H26N2O. The van der Waals surface area contributed by atoms with Crippen molar-refractivity contribution in [2.45, 2.75) is 52.7 Å². The fourth-order valence-electron chi connectivity index (χ4n) is 1.71. The first-order valence-corrected chi connectivity index (χ1v) is 5.75. The van der Waals surface area contributed by atoms with Gasteiger partial charge < -0.3 is 4.74 Å². The van der Waals surface area contributed by atoms with Gasteiger partial charge in [-0.1, -0.05) is 19.4 Å². The second-order valence-corrected chi connectivity index (χ2v) is 4.43. The normalized spacial score (nSPS) is 15.3. The summed E-state index contributed by atoms with van der Waals surface area (Å²) < 4.78 is 5.72. The Morgan fingerprint density at radius 1 is 1.47 bits per heavy atom. The molecule has 0 radical (unpaired) electrons. The monoisotopic (exact) mass is 214 g/mol. The number of ether oxygens (including phenoxy) is 1. The van der Waals surface area contributed by atoms with Crippen molar-refractivity contribution in [2.75, 3.05) is 6.61 Å². The van der Waals surface area contributed by atoms with Crippen molar-refractivity contribution in [3.05, 3.63) is 12.2 Å². The number of rotatable bonds is 8. The van der Waals surface area contributed by atoms with Gasteiger partial charge in [-0.15, -0.1) is 6.58 Å². The summed E-state index contributed by atoms with van der Waals surface area (Å²) >= 11 is 0. The molecule has 0 rings (SSSR count). The van der Waals surface area contributed by atoms with Crippen LogP contribution in [-0.2, 0) is 4.74 Å². The molecule has 0 aromatic rings. The fourth-order valence-corrected chi connectivity index (χ4v) is 1.71. The quantitative estimate of drug-likeness (QED) is 0.370. The lowest BCUT2D eigenvalue weighted by Crippen LogP contribution is -2.47. The zero-order valence-corrected chi connectivity index (χ0v) is 10.5. The van der Waals surface area contributed by atoms with Crippen LogP contribution in [-0.4, -0.2) is 18.8 Å². The summed E-state index contributed by atoms with van der Waals surface area (Å²) in [4.78, 5) is 0. The lowest BCUT2D eigenvalue weighted by atomic mass is 9.95. The van der Waals surface area contributed by atoms with Crippen molar-refractivity contribution >= 4 is 0 Å². The van der Waals surface area contributed by atoms with E-state index in [4.69, 9.17) is 10.6 Å². The van der Waals surface area contributed by atoms with Crippen LogP contribution in [0, 0.1) is 5.92 Å². The molecular weight excluding hydrogens is 188 g/mol. The Morgan fingerprint density at radius 3 is 2.40 bits per heavy atom. The van der Waals surface area contributed by atoms with Gasteiger partial charge in [0.05, 0.1) is 6.10 Å². The lowest BCUT2D eigenvalue weighted by molar-refractivity contribution is 0.00154. The van der Waals surface area contributed by atoms with E-state index < -0.39 is 0 Å². The largest absolute Gasteiger partial charge is 0.377 e. The average molecular weight is 214 g/mol. The van der Waals surface area contributed by atoms with E-state index in [0.29, 0.717) is 5.92 Å². The Morgan fingerprint density at radius 2 is 2.07 bits per heavy atom. The highest BCUT2D eigenvalue weighted by Crippen LogP contribution is 2.16. The number of hydrazine groups is 1. The SMILES string of the molecule is C=C(C)CCC(NN)C(OCC)C(C)C. The van der Waals surface area contributed by atoms with Gasteiger partial charge >= 0.3 is 0 Å². The number of hydrogen-bond donors (Lipinski definition) is 2. The molecule has 2 unspecified atom stereocenters.